The SMILES string of the molecule is Cl.Cl.[SiH2]=[Zr]([C]1=CC=CC1)([c]1ccccc1)([c]1ccccc1)[CH]1C=Cc2ccccc21. The van der Waals surface area contributed by atoms with Gasteiger partial charge < -0.3 is 0 Å². The summed E-state index contributed by atoms with van der Waals surface area (Å²) in [5.41, 5.74) is 2.89. The van der Waals surface area contributed by atoms with E-state index in [0.29, 0.717) is 3.63 Å². The van der Waals surface area contributed by atoms with E-state index in [1.54, 1.807) is 9.82 Å². The van der Waals surface area contributed by atoms with E-state index in [4.69, 9.17) is 0 Å². The van der Waals surface area contributed by atoms with Crippen LogP contribution in [0.15, 0.2) is 113 Å². The number of hydrogen-bond acceptors (Lipinski definition) is 0. The van der Waals surface area contributed by atoms with Crippen molar-refractivity contribution in [3.63, 3.8) is 0 Å². The fraction of sp³-hybridized carbons (Fsp3) is 0.0769. The first-order valence-electron chi connectivity index (χ1n) is 10.0. The van der Waals surface area contributed by atoms with Crippen molar-refractivity contribution in [3.05, 3.63) is 124 Å². The molecule has 30 heavy (non-hydrogen) atoms. The third kappa shape index (κ3) is 3.21. The summed E-state index contributed by atoms with van der Waals surface area (Å²) >= 11 is -3.94. The molecule has 3 aromatic carbocycles. The van der Waals surface area contributed by atoms with Gasteiger partial charge in [-0.2, -0.15) is 0 Å². The van der Waals surface area contributed by atoms with Crippen LogP contribution in [0.2, 0.25) is 0 Å². The zero-order chi connectivity index (χ0) is 19.1. The molecule has 0 saturated carbocycles. The summed E-state index contributed by atoms with van der Waals surface area (Å²) in [4.78, 5) is 0. The summed E-state index contributed by atoms with van der Waals surface area (Å²) in [6, 6.07) is 31.8. The zero-order valence-electron chi connectivity index (χ0n) is 16.8. The minimum atomic E-state index is -3.94. The van der Waals surface area contributed by atoms with Gasteiger partial charge in [-0.05, 0) is 0 Å². The minimum absolute atomic E-state index is 0. The number of rotatable bonds is 4. The second-order valence-corrected chi connectivity index (χ2v) is 30.3. The van der Waals surface area contributed by atoms with Crippen molar-refractivity contribution < 1.29 is 17.4 Å². The van der Waals surface area contributed by atoms with Gasteiger partial charge in [0.25, 0.3) is 0 Å². The van der Waals surface area contributed by atoms with E-state index in [9.17, 15) is 0 Å². The van der Waals surface area contributed by atoms with Gasteiger partial charge in [-0.1, -0.05) is 0 Å². The molecule has 1 atom stereocenters. The monoisotopic (exact) mass is 526 g/mol. The maximum absolute atomic E-state index is 3.94. The molecule has 0 heterocycles. The Kier molecular flexibility index (Phi) is 6.94. The topological polar surface area (TPSA) is 0 Å². The van der Waals surface area contributed by atoms with E-state index in [1.165, 1.54) is 11.1 Å². The molecule has 0 aromatic heterocycles. The van der Waals surface area contributed by atoms with Gasteiger partial charge >= 0.3 is 171 Å². The van der Waals surface area contributed by atoms with E-state index < -0.39 is 17.4 Å². The van der Waals surface area contributed by atoms with Gasteiger partial charge in [-0.15, -0.1) is 24.8 Å². The first-order valence-corrected chi connectivity index (χ1v) is 21.0. The van der Waals surface area contributed by atoms with Crippen molar-refractivity contribution in [2.75, 3.05) is 0 Å². The summed E-state index contributed by atoms with van der Waals surface area (Å²) in [5, 5.41) is 0. The molecule has 0 bridgehead atoms. The van der Waals surface area contributed by atoms with Crippen LogP contribution in [0.3, 0.4) is 0 Å². The summed E-state index contributed by atoms with van der Waals surface area (Å²) in [7, 11) is 0. The van der Waals surface area contributed by atoms with Crippen molar-refractivity contribution in [1.82, 2.24) is 0 Å². The van der Waals surface area contributed by atoms with E-state index in [2.05, 4.69) is 122 Å². The Morgan fingerprint density at radius 2 is 1.30 bits per heavy atom. The summed E-state index contributed by atoms with van der Waals surface area (Å²) in [6.07, 6.45) is 13.0. The van der Waals surface area contributed by atoms with E-state index >= 15 is 0 Å². The van der Waals surface area contributed by atoms with Crippen molar-refractivity contribution >= 4 is 44.3 Å². The van der Waals surface area contributed by atoms with E-state index in [1.807, 2.05) is 0 Å². The number of fused-ring (bicyclic) bond motifs is 1. The van der Waals surface area contributed by atoms with Gasteiger partial charge in [-0.25, -0.2) is 0 Å². The first-order chi connectivity index (χ1) is 13.7. The van der Waals surface area contributed by atoms with Crippen LogP contribution in [-0.4, -0.2) is 6.88 Å². The first kappa shape index (κ1) is 23.2. The van der Waals surface area contributed by atoms with Gasteiger partial charge in [0.1, 0.15) is 0 Å². The predicted molar refractivity (Wildman–Crippen MR) is 135 cm³/mol. The molecule has 2 aliphatic rings. The fourth-order valence-corrected chi connectivity index (χ4v) is 28.2. The molecule has 0 radical (unpaired) electrons. The van der Waals surface area contributed by atoms with Crippen LogP contribution < -0.4 is 6.54 Å². The van der Waals surface area contributed by atoms with Crippen molar-refractivity contribution in [2.24, 2.45) is 0 Å². The van der Waals surface area contributed by atoms with Crippen LogP contribution in [-0.2, 0) is 17.4 Å². The third-order valence-corrected chi connectivity index (χ3v) is 34.2. The Morgan fingerprint density at radius 3 is 1.87 bits per heavy atom. The van der Waals surface area contributed by atoms with Crippen LogP contribution in [0.25, 0.3) is 6.08 Å². The number of hydrogen-bond donors (Lipinski definition) is 0. The molecule has 1 unspecified atom stereocenters. The number of halogens is 2. The van der Waals surface area contributed by atoms with Gasteiger partial charge in [0.2, 0.25) is 0 Å². The second-order valence-electron chi connectivity index (χ2n) is 8.06. The molecule has 0 spiro atoms. The molecule has 0 nitrogen and oxygen atoms in total. The van der Waals surface area contributed by atoms with Crippen molar-refractivity contribution in [1.29, 1.82) is 0 Å². The Labute approximate surface area is 194 Å². The summed E-state index contributed by atoms with van der Waals surface area (Å²) in [5.74, 6) is 0. The van der Waals surface area contributed by atoms with Crippen LogP contribution in [0.5, 0.6) is 0 Å². The molecule has 4 heteroatoms. The maximum atomic E-state index is 2.52. The molecule has 0 aliphatic heterocycles. The van der Waals surface area contributed by atoms with E-state index in [0.717, 1.165) is 6.42 Å². The second kappa shape index (κ2) is 8.97. The molecular formula is C26H26Cl2SiZr. The normalized spacial score (nSPS) is 17.0. The van der Waals surface area contributed by atoms with Gasteiger partial charge in [0, 0.05) is 0 Å². The van der Waals surface area contributed by atoms with Crippen LogP contribution >= 0.6 is 24.8 Å². The van der Waals surface area contributed by atoms with Crippen LogP contribution in [0, 0.1) is 0 Å². The average Bonchev–Trinajstić information content (AvgIpc) is 3.46. The van der Waals surface area contributed by atoms with Gasteiger partial charge in [0.05, 0.1) is 0 Å². The molecule has 0 amide bonds. The third-order valence-electron chi connectivity index (χ3n) is 6.86. The predicted octanol–water partition coefficient (Wildman–Crippen LogP) is 5.33. The van der Waals surface area contributed by atoms with Gasteiger partial charge in [0.15, 0.2) is 0 Å². The standard InChI is InChI=1S/C9H7.2C6H5.C5H5.2ClH.H2Si.Zr/c1-2-5-9-7-3-6-8(9)4-1;2*1-2-4-6-5-3-1;1-2-4-5-3-1;;;;/h1-7H;2*1-5H;1-3H,4H2;2*1H;1H2;. The molecule has 5 rings (SSSR count). The van der Waals surface area contributed by atoms with Crippen LogP contribution in [0.4, 0.5) is 0 Å². The number of allylic oxidation sites excluding steroid dienone is 5. The Bertz CT molecular complexity index is 1150. The van der Waals surface area contributed by atoms with Crippen LogP contribution in [0.1, 0.15) is 21.2 Å². The molecular weight excluding hydrogens is 503 g/mol. The molecule has 0 N–H and O–H groups in total. The fourth-order valence-electron chi connectivity index (χ4n) is 5.41. The summed E-state index contributed by atoms with van der Waals surface area (Å²) in [6.45, 7) is 2.37. The van der Waals surface area contributed by atoms with Crippen molar-refractivity contribution in [3.8, 4) is 0 Å². The average molecular weight is 529 g/mol. The van der Waals surface area contributed by atoms with E-state index in [-0.39, 0.29) is 24.8 Å². The quantitative estimate of drug-likeness (QED) is 0.402. The summed E-state index contributed by atoms with van der Waals surface area (Å²) < 4.78 is 5.25. The molecule has 0 fully saturated rings. The van der Waals surface area contributed by atoms with Gasteiger partial charge in [-0.3, -0.25) is 0 Å². The molecule has 2 aliphatic carbocycles. The van der Waals surface area contributed by atoms with Crippen molar-refractivity contribution in [2.45, 2.75) is 10.0 Å². The Hall–Kier alpha value is -1.44. The Morgan fingerprint density at radius 1 is 0.733 bits per heavy atom. The molecule has 3 aromatic rings. The molecule has 0 saturated heterocycles. The zero-order valence-corrected chi connectivity index (χ0v) is 22.3. The molecule has 152 valence electrons. The Balaban J connectivity index is 0.00000128. The number of benzene rings is 3.